The molecule has 4 heteroatoms. The van der Waals surface area contributed by atoms with Gasteiger partial charge in [-0.05, 0) is 33.0 Å². The summed E-state index contributed by atoms with van der Waals surface area (Å²) in [6.07, 6.45) is 2.62. The van der Waals surface area contributed by atoms with Crippen molar-refractivity contribution in [1.29, 1.82) is 0 Å². The summed E-state index contributed by atoms with van der Waals surface area (Å²) in [5.74, 6) is 0. The van der Waals surface area contributed by atoms with E-state index in [0.29, 0.717) is 12.6 Å². The lowest BCUT2D eigenvalue weighted by molar-refractivity contribution is 0.0532. The number of hydrogen-bond acceptors (Lipinski definition) is 4. The van der Waals surface area contributed by atoms with Gasteiger partial charge in [0.2, 0.25) is 0 Å². The summed E-state index contributed by atoms with van der Waals surface area (Å²) in [5.41, 5.74) is 5.69. The lowest BCUT2D eigenvalue weighted by Gasteiger charge is -2.32. The molecule has 0 amide bonds. The van der Waals surface area contributed by atoms with Crippen LogP contribution in [-0.2, 0) is 4.74 Å². The Morgan fingerprint density at radius 2 is 2.19 bits per heavy atom. The van der Waals surface area contributed by atoms with Gasteiger partial charge in [-0.1, -0.05) is 6.92 Å². The molecule has 16 heavy (non-hydrogen) atoms. The molecule has 0 aliphatic carbocycles. The number of likely N-dealkylation sites (N-methyl/N-ethyl adjacent to an activating group) is 1. The Morgan fingerprint density at radius 1 is 1.44 bits per heavy atom. The summed E-state index contributed by atoms with van der Waals surface area (Å²) in [6, 6.07) is 0.650. The van der Waals surface area contributed by atoms with Gasteiger partial charge in [0.25, 0.3) is 0 Å². The average molecular weight is 229 g/mol. The summed E-state index contributed by atoms with van der Waals surface area (Å²) >= 11 is 0. The summed E-state index contributed by atoms with van der Waals surface area (Å²) in [5, 5.41) is 0. The van der Waals surface area contributed by atoms with Crippen LogP contribution in [0.3, 0.4) is 0 Å². The standard InChI is InChI=1S/C12H27N3O/c1-4-11-9-14(2)6-5-7-15(11)10-12(8-13)16-3/h11-12H,4-10,13H2,1-3H3. The number of nitrogens with zero attached hydrogens (tertiary/aromatic N) is 2. The number of rotatable bonds is 5. The van der Waals surface area contributed by atoms with Crippen molar-refractivity contribution < 1.29 is 4.74 Å². The SMILES string of the molecule is CCC1CN(C)CCCN1CC(CN)OC. The fraction of sp³-hybridized carbons (Fsp3) is 1.00. The summed E-state index contributed by atoms with van der Waals surface area (Å²) in [6.45, 7) is 7.38. The normalized spacial score (nSPS) is 26.6. The van der Waals surface area contributed by atoms with E-state index in [0.717, 1.165) is 13.1 Å². The van der Waals surface area contributed by atoms with Gasteiger partial charge in [0.1, 0.15) is 0 Å². The first-order chi connectivity index (χ1) is 7.71. The van der Waals surface area contributed by atoms with Gasteiger partial charge in [0, 0.05) is 32.8 Å². The topological polar surface area (TPSA) is 41.7 Å². The quantitative estimate of drug-likeness (QED) is 0.740. The van der Waals surface area contributed by atoms with Crippen molar-refractivity contribution in [2.24, 2.45) is 5.73 Å². The van der Waals surface area contributed by atoms with E-state index in [9.17, 15) is 0 Å². The van der Waals surface area contributed by atoms with E-state index in [1.54, 1.807) is 7.11 Å². The highest BCUT2D eigenvalue weighted by Gasteiger charge is 2.23. The first kappa shape index (κ1) is 13.9. The highest BCUT2D eigenvalue weighted by molar-refractivity contribution is 4.80. The van der Waals surface area contributed by atoms with E-state index in [2.05, 4.69) is 23.8 Å². The van der Waals surface area contributed by atoms with Crippen LogP contribution in [0.2, 0.25) is 0 Å². The third kappa shape index (κ3) is 4.01. The predicted molar refractivity (Wildman–Crippen MR) is 67.6 cm³/mol. The van der Waals surface area contributed by atoms with Crippen molar-refractivity contribution in [1.82, 2.24) is 9.80 Å². The van der Waals surface area contributed by atoms with Crippen molar-refractivity contribution >= 4 is 0 Å². The molecule has 1 saturated heterocycles. The molecule has 0 saturated carbocycles. The molecule has 1 rings (SSSR count). The minimum absolute atomic E-state index is 0.178. The zero-order valence-corrected chi connectivity index (χ0v) is 11.0. The smallest absolute Gasteiger partial charge is 0.0820 e. The van der Waals surface area contributed by atoms with Crippen LogP contribution >= 0.6 is 0 Å². The van der Waals surface area contributed by atoms with E-state index in [1.165, 1.54) is 25.9 Å². The summed E-state index contributed by atoms with van der Waals surface area (Å²) in [4.78, 5) is 4.98. The molecular weight excluding hydrogens is 202 g/mol. The summed E-state index contributed by atoms with van der Waals surface area (Å²) in [7, 11) is 3.96. The first-order valence-corrected chi connectivity index (χ1v) is 6.36. The Bertz CT molecular complexity index is 185. The van der Waals surface area contributed by atoms with Crippen LogP contribution in [-0.4, -0.2) is 68.8 Å². The molecule has 96 valence electrons. The molecule has 1 heterocycles. The molecule has 2 atom stereocenters. The van der Waals surface area contributed by atoms with Gasteiger partial charge in [-0.25, -0.2) is 0 Å². The lowest BCUT2D eigenvalue weighted by atomic mass is 10.1. The molecule has 2 unspecified atom stereocenters. The lowest BCUT2D eigenvalue weighted by Crippen LogP contribution is -2.45. The van der Waals surface area contributed by atoms with Crippen LogP contribution in [0.15, 0.2) is 0 Å². The largest absolute Gasteiger partial charge is 0.379 e. The predicted octanol–water partition coefficient (Wildman–Crippen LogP) is 0.376. The van der Waals surface area contributed by atoms with Crippen LogP contribution in [0, 0.1) is 0 Å². The van der Waals surface area contributed by atoms with Crippen molar-refractivity contribution in [3.05, 3.63) is 0 Å². The molecule has 0 radical (unpaired) electrons. The zero-order valence-electron chi connectivity index (χ0n) is 11.0. The Morgan fingerprint density at radius 3 is 2.75 bits per heavy atom. The molecule has 0 aromatic heterocycles. The third-order valence-corrected chi connectivity index (χ3v) is 3.53. The molecule has 4 nitrogen and oxygen atoms in total. The number of hydrogen-bond donors (Lipinski definition) is 1. The van der Waals surface area contributed by atoms with Gasteiger partial charge in [0.15, 0.2) is 0 Å². The first-order valence-electron chi connectivity index (χ1n) is 6.36. The Labute approximate surface area is 99.7 Å². The van der Waals surface area contributed by atoms with Crippen molar-refractivity contribution in [2.45, 2.75) is 31.9 Å². The van der Waals surface area contributed by atoms with E-state index < -0.39 is 0 Å². The van der Waals surface area contributed by atoms with E-state index in [-0.39, 0.29) is 6.10 Å². The average Bonchev–Trinajstić information content (AvgIpc) is 2.47. The molecule has 1 fully saturated rings. The van der Waals surface area contributed by atoms with Crippen LogP contribution in [0.4, 0.5) is 0 Å². The number of ether oxygens (including phenoxy) is 1. The molecule has 0 bridgehead atoms. The monoisotopic (exact) mass is 229 g/mol. The van der Waals surface area contributed by atoms with E-state index in [4.69, 9.17) is 10.5 Å². The third-order valence-electron chi connectivity index (χ3n) is 3.53. The van der Waals surface area contributed by atoms with Gasteiger partial charge < -0.3 is 15.4 Å². The van der Waals surface area contributed by atoms with Crippen molar-refractivity contribution in [2.75, 3.05) is 46.9 Å². The van der Waals surface area contributed by atoms with Crippen molar-refractivity contribution in [3.8, 4) is 0 Å². The minimum Gasteiger partial charge on any atom is -0.379 e. The molecule has 0 spiro atoms. The second-order valence-corrected chi connectivity index (χ2v) is 4.77. The molecular formula is C12H27N3O. The van der Waals surface area contributed by atoms with Gasteiger partial charge >= 0.3 is 0 Å². The molecule has 0 aromatic carbocycles. The van der Waals surface area contributed by atoms with Gasteiger partial charge in [-0.3, -0.25) is 4.90 Å². The summed E-state index contributed by atoms with van der Waals surface area (Å²) < 4.78 is 5.38. The second-order valence-electron chi connectivity index (χ2n) is 4.77. The Balaban J connectivity index is 2.53. The van der Waals surface area contributed by atoms with Crippen LogP contribution in [0.1, 0.15) is 19.8 Å². The van der Waals surface area contributed by atoms with E-state index in [1.807, 2.05) is 0 Å². The highest BCUT2D eigenvalue weighted by atomic mass is 16.5. The van der Waals surface area contributed by atoms with Crippen LogP contribution < -0.4 is 5.73 Å². The van der Waals surface area contributed by atoms with Crippen molar-refractivity contribution in [3.63, 3.8) is 0 Å². The molecule has 1 aliphatic rings. The molecule has 0 aromatic rings. The number of nitrogens with two attached hydrogens (primary N) is 1. The Kier molecular flexibility index (Phi) is 6.28. The molecule has 2 N–H and O–H groups in total. The zero-order chi connectivity index (χ0) is 12.0. The van der Waals surface area contributed by atoms with Crippen LogP contribution in [0.25, 0.3) is 0 Å². The van der Waals surface area contributed by atoms with Crippen LogP contribution in [0.5, 0.6) is 0 Å². The minimum atomic E-state index is 0.178. The second kappa shape index (κ2) is 7.22. The van der Waals surface area contributed by atoms with Gasteiger partial charge in [-0.2, -0.15) is 0 Å². The number of methoxy groups -OCH3 is 1. The maximum absolute atomic E-state index is 5.69. The fourth-order valence-electron chi connectivity index (χ4n) is 2.43. The molecule has 1 aliphatic heterocycles. The fourth-order valence-corrected chi connectivity index (χ4v) is 2.43. The van der Waals surface area contributed by atoms with Gasteiger partial charge in [0.05, 0.1) is 6.10 Å². The Hall–Kier alpha value is -0.160. The maximum Gasteiger partial charge on any atom is 0.0820 e. The maximum atomic E-state index is 5.69. The highest BCUT2D eigenvalue weighted by Crippen LogP contribution is 2.12. The van der Waals surface area contributed by atoms with Gasteiger partial charge in [-0.15, -0.1) is 0 Å². The van der Waals surface area contributed by atoms with E-state index >= 15 is 0 Å².